The standard InChI is InChI=1S/C9H7BrClNO/c10-9-7(4-13)12-6-3-1-2-5(11)8(6)9/h1-3,12-13H,4H2. The van der Waals surface area contributed by atoms with Crippen LogP contribution in [-0.4, -0.2) is 10.1 Å². The average Bonchev–Trinajstić information content (AvgIpc) is 2.44. The van der Waals surface area contributed by atoms with Gasteiger partial charge in [-0.3, -0.25) is 0 Å². The fourth-order valence-electron chi connectivity index (χ4n) is 1.33. The molecular weight excluding hydrogens is 253 g/mol. The van der Waals surface area contributed by atoms with Crippen LogP contribution >= 0.6 is 27.5 Å². The predicted molar refractivity (Wildman–Crippen MR) is 56.9 cm³/mol. The summed E-state index contributed by atoms with van der Waals surface area (Å²) in [4.78, 5) is 3.07. The number of aromatic amines is 1. The third kappa shape index (κ3) is 1.37. The van der Waals surface area contributed by atoms with Gasteiger partial charge in [-0.15, -0.1) is 0 Å². The first-order chi connectivity index (χ1) is 6.24. The molecule has 1 aromatic carbocycles. The van der Waals surface area contributed by atoms with Crippen molar-refractivity contribution in [2.24, 2.45) is 0 Å². The summed E-state index contributed by atoms with van der Waals surface area (Å²) in [6.07, 6.45) is 0. The van der Waals surface area contributed by atoms with E-state index in [1.54, 1.807) is 0 Å². The first-order valence-corrected chi connectivity index (χ1v) is 4.96. The topological polar surface area (TPSA) is 36.0 Å². The Morgan fingerprint density at radius 3 is 2.85 bits per heavy atom. The highest BCUT2D eigenvalue weighted by Crippen LogP contribution is 2.33. The summed E-state index contributed by atoms with van der Waals surface area (Å²) in [7, 11) is 0. The predicted octanol–water partition coefficient (Wildman–Crippen LogP) is 3.08. The van der Waals surface area contributed by atoms with E-state index in [2.05, 4.69) is 20.9 Å². The Balaban J connectivity index is 2.85. The highest BCUT2D eigenvalue weighted by molar-refractivity contribution is 9.10. The zero-order valence-electron chi connectivity index (χ0n) is 6.64. The van der Waals surface area contributed by atoms with Gasteiger partial charge in [0.25, 0.3) is 0 Å². The molecule has 4 heteroatoms. The summed E-state index contributed by atoms with van der Waals surface area (Å²) < 4.78 is 0.843. The van der Waals surface area contributed by atoms with Crippen LogP contribution in [0, 0.1) is 0 Å². The van der Waals surface area contributed by atoms with Crippen molar-refractivity contribution >= 4 is 38.4 Å². The van der Waals surface area contributed by atoms with Crippen molar-refractivity contribution in [3.8, 4) is 0 Å². The smallest absolute Gasteiger partial charge is 0.0842 e. The Hall–Kier alpha value is -0.510. The van der Waals surface area contributed by atoms with Crippen LogP contribution in [0.3, 0.4) is 0 Å². The van der Waals surface area contributed by atoms with Gasteiger partial charge in [-0.05, 0) is 28.1 Å². The zero-order valence-corrected chi connectivity index (χ0v) is 8.98. The number of H-pyrrole nitrogens is 1. The summed E-state index contributed by atoms with van der Waals surface area (Å²) in [6.45, 7) is -0.0222. The molecule has 0 spiro atoms. The van der Waals surface area contributed by atoms with E-state index in [-0.39, 0.29) is 6.61 Å². The molecule has 0 bridgehead atoms. The molecule has 1 aromatic heterocycles. The number of rotatable bonds is 1. The summed E-state index contributed by atoms with van der Waals surface area (Å²) in [5.74, 6) is 0. The van der Waals surface area contributed by atoms with Crippen molar-refractivity contribution in [2.45, 2.75) is 6.61 Å². The number of fused-ring (bicyclic) bond motifs is 1. The van der Waals surface area contributed by atoms with Crippen molar-refractivity contribution in [2.75, 3.05) is 0 Å². The molecule has 0 aliphatic heterocycles. The second-order valence-electron chi connectivity index (χ2n) is 2.74. The van der Waals surface area contributed by atoms with Gasteiger partial charge in [-0.1, -0.05) is 17.7 Å². The molecule has 2 N–H and O–H groups in total. The van der Waals surface area contributed by atoms with Gasteiger partial charge in [-0.2, -0.15) is 0 Å². The van der Waals surface area contributed by atoms with Crippen molar-refractivity contribution in [1.82, 2.24) is 4.98 Å². The van der Waals surface area contributed by atoms with Crippen molar-refractivity contribution in [3.63, 3.8) is 0 Å². The average molecular weight is 261 g/mol. The van der Waals surface area contributed by atoms with Crippen LogP contribution in [-0.2, 0) is 6.61 Å². The van der Waals surface area contributed by atoms with E-state index in [9.17, 15) is 0 Å². The summed E-state index contributed by atoms with van der Waals surface area (Å²) in [5.41, 5.74) is 1.69. The van der Waals surface area contributed by atoms with Gasteiger partial charge < -0.3 is 10.1 Å². The Morgan fingerprint density at radius 1 is 1.46 bits per heavy atom. The number of halogens is 2. The van der Waals surface area contributed by atoms with Crippen molar-refractivity contribution in [1.29, 1.82) is 0 Å². The Labute approximate surface area is 88.7 Å². The van der Waals surface area contributed by atoms with Gasteiger partial charge in [0, 0.05) is 15.4 Å². The fourth-order valence-corrected chi connectivity index (χ4v) is 2.36. The summed E-state index contributed by atoms with van der Waals surface area (Å²) in [6, 6.07) is 5.61. The number of hydrogen-bond donors (Lipinski definition) is 2. The highest BCUT2D eigenvalue weighted by Gasteiger charge is 2.10. The molecule has 13 heavy (non-hydrogen) atoms. The molecule has 2 aromatic rings. The molecule has 68 valence electrons. The van der Waals surface area contributed by atoms with E-state index in [4.69, 9.17) is 16.7 Å². The van der Waals surface area contributed by atoms with E-state index in [1.807, 2.05) is 18.2 Å². The molecule has 2 nitrogen and oxygen atoms in total. The summed E-state index contributed by atoms with van der Waals surface area (Å²) in [5, 5.41) is 10.6. The third-order valence-electron chi connectivity index (χ3n) is 1.94. The molecule has 0 aliphatic rings. The Bertz CT molecular complexity index is 452. The molecule has 2 rings (SSSR count). The van der Waals surface area contributed by atoms with Gasteiger partial charge in [-0.25, -0.2) is 0 Å². The molecule has 0 saturated heterocycles. The minimum absolute atomic E-state index is 0.0222. The second kappa shape index (κ2) is 3.33. The van der Waals surface area contributed by atoms with Crippen LogP contribution in [0.25, 0.3) is 10.9 Å². The van der Waals surface area contributed by atoms with Gasteiger partial charge in [0.2, 0.25) is 0 Å². The number of nitrogens with one attached hydrogen (secondary N) is 1. The largest absolute Gasteiger partial charge is 0.390 e. The SMILES string of the molecule is OCc1[nH]c2cccc(Cl)c2c1Br. The first kappa shape index (κ1) is 9.06. The van der Waals surface area contributed by atoms with Crippen LogP contribution in [0.2, 0.25) is 5.02 Å². The third-order valence-corrected chi connectivity index (χ3v) is 3.13. The van der Waals surface area contributed by atoms with Crippen LogP contribution in [0.4, 0.5) is 0 Å². The lowest BCUT2D eigenvalue weighted by molar-refractivity contribution is 0.277. The number of aliphatic hydroxyl groups excluding tert-OH is 1. The number of hydrogen-bond acceptors (Lipinski definition) is 1. The van der Waals surface area contributed by atoms with Gasteiger partial charge >= 0.3 is 0 Å². The Kier molecular flexibility index (Phi) is 2.32. The monoisotopic (exact) mass is 259 g/mol. The molecule has 0 fully saturated rings. The van der Waals surface area contributed by atoms with E-state index >= 15 is 0 Å². The minimum Gasteiger partial charge on any atom is -0.390 e. The molecule has 0 aliphatic carbocycles. The lowest BCUT2D eigenvalue weighted by atomic mass is 10.2. The van der Waals surface area contributed by atoms with Gasteiger partial charge in [0.15, 0.2) is 0 Å². The highest BCUT2D eigenvalue weighted by atomic mass is 79.9. The Morgan fingerprint density at radius 2 is 2.23 bits per heavy atom. The fraction of sp³-hybridized carbons (Fsp3) is 0.111. The van der Waals surface area contributed by atoms with Gasteiger partial charge in [0.05, 0.1) is 17.3 Å². The minimum atomic E-state index is -0.0222. The van der Waals surface area contributed by atoms with Crippen molar-refractivity contribution < 1.29 is 5.11 Å². The molecule has 0 unspecified atom stereocenters. The lowest BCUT2D eigenvalue weighted by Crippen LogP contribution is -1.81. The van der Waals surface area contributed by atoms with E-state index in [0.717, 1.165) is 21.1 Å². The van der Waals surface area contributed by atoms with Crippen LogP contribution in [0.15, 0.2) is 22.7 Å². The maximum absolute atomic E-state index is 9.01. The molecular formula is C9H7BrClNO. The van der Waals surface area contributed by atoms with Crippen LogP contribution in [0.1, 0.15) is 5.69 Å². The molecule has 0 radical (unpaired) electrons. The maximum atomic E-state index is 9.01. The number of aliphatic hydroxyl groups is 1. The number of benzene rings is 1. The van der Waals surface area contributed by atoms with E-state index < -0.39 is 0 Å². The van der Waals surface area contributed by atoms with Crippen LogP contribution in [0.5, 0.6) is 0 Å². The molecule has 0 amide bonds. The normalized spacial score (nSPS) is 11.0. The summed E-state index contributed by atoms with van der Waals surface area (Å²) >= 11 is 9.39. The first-order valence-electron chi connectivity index (χ1n) is 3.79. The second-order valence-corrected chi connectivity index (χ2v) is 3.94. The quantitative estimate of drug-likeness (QED) is 0.812. The van der Waals surface area contributed by atoms with Gasteiger partial charge in [0.1, 0.15) is 0 Å². The van der Waals surface area contributed by atoms with Crippen LogP contribution < -0.4 is 0 Å². The molecule has 0 saturated carbocycles. The van der Waals surface area contributed by atoms with Crippen molar-refractivity contribution in [3.05, 3.63) is 33.4 Å². The number of aromatic nitrogens is 1. The maximum Gasteiger partial charge on any atom is 0.0842 e. The zero-order chi connectivity index (χ0) is 9.42. The van der Waals surface area contributed by atoms with E-state index in [0.29, 0.717) is 5.02 Å². The van der Waals surface area contributed by atoms with E-state index in [1.165, 1.54) is 0 Å². The molecule has 0 atom stereocenters. The lowest BCUT2D eigenvalue weighted by Gasteiger charge is -1.93. The molecule has 1 heterocycles.